The zero-order chi connectivity index (χ0) is 7.56. The molecule has 0 aliphatic rings. The largest absolute Gasteiger partial charge is 0.364 e. The van der Waals surface area contributed by atoms with Gasteiger partial charge in [0.1, 0.15) is 5.69 Å². The molecule has 0 aromatic carbocycles. The third kappa shape index (κ3) is 0.883. The fraction of sp³-hybridized carbons (Fsp3) is 0. The van der Waals surface area contributed by atoms with Crippen molar-refractivity contribution in [3.05, 3.63) is 17.5 Å². The molecule has 0 aliphatic heterocycles. The number of hydrogen-bond acceptors (Lipinski definition) is 3. The Morgan fingerprint density at radius 3 is 2.90 bits per heavy atom. The average Bonchev–Trinajstić information content (AvgIpc) is 2.33. The van der Waals surface area contributed by atoms with Crippen molar-refractivity contribution in [3.8, 4) is 0 Å². The maximum Gasteiger partial charge on any atom is 0.267 e. The number of carbonyl (C=O) groups excluding carboxylic acids is 2. The van der Waals surface area contributed by atoms with E-state index in [1.54, 1.807) is 0 Å². The van der Waals surface area contributed by atoms with Crippen molar-refractivity contribution in [2.75, 3.05) is 0 Å². The second kappa shape index (κ2) is 2.30. The SMILES string of the molecule is NC(=O)c1[nH]ncc1C=O. The highest BCUT2D eigenvalue weighted by Gasteiger charge is 2.07. The van der Waals surface area contributed by atoms with Crippen LogP contribution < -0.4 is 5.73 Å². The van der Waals surface area contributed by atoms with Crippen molar-refractivity contribution < 1.29 is 9.59 Å². The van der Waals surface area contributed by atoms with E-state index in [9.17, 15) is 9.59 Å². The molecule has 0 fully saturated rings. The second-order valence-corrected chi connectivity index (χ2v) is 1.68. The van der Waals surface area contributed by atoms with Crippen LogP contribution in [0.3, 0.4) is 0 Å². The third-order valence-corrected chi connectivity index (χ3v) is 1.04. The minimum Gasteiger partial charge on any atom is -0.364 e. The molecule has 0 unspecified atom stereocenters. The summed E-state index contributed by atoms with van der Waals surface area (Å²) in [5.74, 6) is -0.681. The number of aromatic nitrogens is 2. The first-order valence-electron chi connectivity index (χ1n) is 2.54. The number of primary amides is 1. The van der Waals surface area contributed by atoms with E-state index < -0.39 is 5.91 Å². The van der Waals surface area contributed by atoms with E-state index in [2.05, 4.69) is 10.2 Å². The van der Waals surface area contributed by atoms with Gasteiger partial charge >= 0.3 is 0 Å². The van der Waals surface area contributed by atoms with Gasteiger partial charge in [0.2, 0.25) is 0 Å². The molecule has 0 radical (unpaired) electrons. The molecule has 5 nitrogen and oxygen atoms in total. The van der Waals surface area contributed by atoms with E-state index in [4.69, 9.17) is 5.73 Å². The number of aromatic amines is 1. The number of carbonyl (C=O) groups is 2. The molecule has 0 bridgehead atoms. The normalized spacial score (nSPS) is 9.20. The first-order chi connectivity index (χ1) is 4.75. The Morgan fingerprint density at radius 2 is 2.50 bits per heavy atom. The number of H-pyrrole nitrogens is 1. The summed E-state index contributed by atoms with van der Waals surface area (Å²) in [5, 5.41) is 5.76. The van der Waals surface area contributed by atoms with Gasteiger partial charge in [0.25, 0.3) is 5.91 Å². The number of rotatable bonds is 2. The molecule has 5 heteroatoms. The standard InChI is InChI=1S/C5H5N3O2/c6-5(10)4-3(2-9)1-7-8-4/h1-2H,(H2,6,10)(H,7,8). The summed E-state index contributed by atoms with van der Waals surface area (Å²) in [7, 11) is 0. The molecule has 1 amide bonds. The molecular formula is C5H5N3O2. The number of amides is 1. The van der Waals surface area contributed by atoms with Crippen LogP contribution in [0, 0.1) is 0 Å². The Bertz CT molecular complexity index is 266. The number of aldehydes is 1. The first kappa shape index (κ1) is 6.47. The van der Waals surface area contributed by atoms with Gasteiger partial charge in [-0.3, -0.25) is 14.7 Å². The molecule has 3 N–H and O–H groups in total. The Hall–Kier alpha value is -1.65. The molecule has 1 rings (SSSR count). The van der Waals surface area contributed by atoms with Gasteiger partial charge < -0.3 is 5.73 Å². The van der Waals surface area contributed by atoms with Gasteiger partial charge in [-0.05, 0) is 0 Å². The zero-order valence-corrected chi connectivity index (χ0v) is 5.00. The Labute approximate surface area is 56.2 Å². The van der Waals surface area contributed by atoms with Crippen LogP contribution in [0.25, 0.3) is 0 Å². The average molecular weight is 139 g/mol. The monoisotopic (exact) mass is 139 g/mol. The Kier molecular flexibility index (Phi) is 1.49. The van der Waals surface area contributed by atoms with Gasteiger partial charge in [0, 0.05) is 0 Å². The van der Waals surface area contributed by atoms with Gasteiger partial charge in [-0.15, -0.1) is 0 Å². The maximum absolute atomic E-state index is 10.4. The molecule has 1 aromatic heterocycles. The molecule has 10 heavy (non-hydrogen) atoms. The highest BCUT2D eigenvalue weighted by Crippen LogP contribution is 1.98. The van der Waals surface area contributed by atoms with Gasteiger partial charge in [-0.1, -0.05) is 0 Å². The van der Waals surface area contributed by atoms with Gasteiger partial charge in [0.15, 0.2) is 6.29 Å². The smallest absolute Gasteiger partial charge is 0.267 e. The summed E-state index contributed by atoms with van der Waals surface area (Å²) in [4.78, 5) is 20.6. The van der Waals surface area contributed by atoms with Crippen molar-refractivity contribution >= 4 is 12.2 Å². The lowest BCUT2D eigenvalue weighted by molar-refractivity contribution is 0.0988. The van der Waals surface area contributed by atoms with Crippen LogP contribution in [0.5, 0.6) is 0 Å². The third-order valence-electron chi connectivity index (χ3n) is 1.04. The van der Waals surface area contributed by atoms with Crippen LogP contribution in [0.15, 0.2) is 6.20 Å². The van der Waals surface area contributed by atoms with Crippen molar-refractivity contribution in [3.63, 3.8) is 0 Å². The number of nitrogens with two attached hydrogens (primary N) is 1. The fourth-order valence-electron chi connectivity index (χ4n) is 0.582. The molecule has 0 aliphatic carbocycles. The molecule has 1 heterocycles. The van der Waals surface area contributed by atoms with Crippen molar-refractivity contribution in [2.45, 2.75) is 0 Å². The summed E-state index contributed by atoms with van der Waals surface area (Å²) < 4.78 is 0. The summed E-state index contributed by atoms with van der Waals surface area (Å²) in [5.41, 5.74) is 5.10. The Morgan fingerprint density at radius 1 is 1.80 bits per heavy atom. The van der Waals surface area contributed by atoms with E-state index in [0.717, 1.165) is 0 Å². The summed E-state index contributed by atoms with van der Waals surface area (Å²) in [6.07, 6.45) is 1.76. The van der Waals surface area contributed by atoms with Crippen molar-refractivity contribution in [1.29, 1.82) is 0 Å². The highest BCUT2D eigenvalue weighted by atomic mass is 16.1. The molecule has 52 valence electrons. The Balaban J connectivity index is 3.13. The number of nitrogens with zero attached hydrogens (tertiary/aromatic N) is 1. The van der Waals surface area contributed by atoms with Gasteiger partial charge in [0.05, 0.1) is 11.8 Å². The predicted octanol–water partition coefficient (Wildman–Crippen LogP) is -0.679. The molecule has 0 saturated heterocycles. The minimum atomic E-state index is -0.681. The van der Waals surface area contributed by atoms with E-state index >= 15 is 0 Å². The lowest BCUT2D eigenvalue weighted by Crippen LogP contribution is -2.13. The summed E-state index contributed by atoms with van der Waals surface area (Å²) in [6, 6.07) is 0. The van der Waals surface area contributed by atoms with Gasteiger partial charge in [-0.2, -0.15) is 5.10 Å². The van der Waals surface area contributed by atoms with Crippen LogP contribution in [-0.2, 0) is 0 Å². The van der Waals surface area contributed by atoms with Crippen LogP contribution >= 0.6 is 0 Å². The molecule has 1 aromatic rings. The van der Waals surface area contributed by atoms with Crippen LogP contribution in [-0.4, -0.2) is 22.4 Å². The quantitative estimate of drug-likeness (QED) is 0.532. The van der Waals surface area contributed by atoms with E-state index in [0.29, 0.717) is 6.29 Å². The maximum atomic E-state index is 10.4. The first-order valence-corrected chi connectivity index (χ1v) is 2.54. The number of hydrogen-bond donors (Lipinski definition) is 2. The summed E-state index contributed by atoms with van der Waals surface area (Å²) in [6.45, 7) is 0. The number of nitrogens with one attached hydrogen (secondary N) is 1. The van der Waals surface area contributed by atoms with Crippen molar-refractivity contribution in [2.24, 2.45) is 5.73 Å². The van der Waals surface area contributed by atoms with E-state index in [1.165, 1.54) is 6.20 Å². The highest BCUT2D eigenvalue weighted by molar-refractivity contribution is 5.98. The van der Waals surface area contributed by atoms with Crippen LogP contribution in [0.4, 0.5) is 0 Å². The molecular weight excluding hydrogens is 134 g/mol. The van der Waals surface area contributed by atoms with Crippen molar-refractivity contribution in [1.82, 2.24) is 10.2 Å². The molecule has 0 saturated carbocycles. The molecule has 0 atom stereocenters. The zero-order valence-electron chi connectivity index (χ0n) is 5.00. The fourth-order valence-corrected chi connectivity index (χ4v) is 0.582. The lowest BCUT2D eigenvalue weighted by Gasteiger charge is -1.86. The topological polar surface area (TPSA) is 88.8 Å². The second-order valence-electron chi connectivity index (χ2n) is 1.68. The summed E-state index contributed by atoms with van der Waals surface area (Å²) >= 11 is 0. The van der Waals surface area contributed by atoms with E-state index in [1.807, 2.05) is 0 Å². The van der Waals surface area contributed by atoms with Gasteiger partial charge in [-0.25, -0.2) is 0 Å². The molecule has 0 spiro atoms. The predicted molar refractivity (Wildman–Crippen MR) is 32.5 cm³/mol. The van der Waals surface area contributed by atoms with Crippen LogP contribution in [0.2, 0.25) is 0 Å². The van der Waals surface area contributed by atoms with E-state index in [-0.39, 0.29) is 11.3 Å². The lowest BCUT2D eigenvalue weighted by atomic mass is 10.3. The van der Waals surface area contributed by atoms with Crippen LogP contribution in [0.1, 0.15) is 20.8 Å². The minimum absolute atomic E-state index is 0.0509.